The van der Waals surface area contributed by atoms with E-state index >= 15 is 0 Å². The van der Waals surface area contributed by atoms with Crippen LogP contribution in [0.4, 0.5) is 5.69 Å². The van der Waals surface area contributed by atoms with Crippen LogP contribution in [-0.2, 0) is 0 Å². The van der Waals surface area contributed by atoms with Crippen LogP contribution in [0, 0.1) is 16.7 Å². The predicted molar refractivity (Wildman–Crippen MR) is 61.1 cm³/mol. The lowest BCUT2D eigenvalue weighted by molar-refractivity contribution is 0.530. The van der Waals surface area contributed by atoms with Gasteiger partial charge in [-0.1, -0.05) is 0 Å². The molecule has 0 radical (unpaired) electrons. The molecule has 1 aromatic heterocycles. The monoisotopic (exact) mass is 213 g/mol. The first-order chi connectivity index (χ1) is 7.61. The SMILES string of the molecule is CN(C)c1ccc2cc(C#N)c(=N)oc2c1. The Morgan fingerprint density at radius 1 is 1.31 bits per heavy atom. The Labute approximate surface area is 92.9 Å². The standard InChI is InChI=1S/C12H11N3O/c1-15(2)10-4-3-8-5-9(7-13)12(14)16-11(8)6-10/h3-6,14H,1-2H3. The van der Waals surface area contributed by atoms with Gasteiger partial charge >= 0.3 is 0 Å². The number of hydrogen-bond acceptors (Lipinski definition) is 4. The minimum absolute atomic E-state index is 0.0918. The molecule has 0 saturated carbocycles. The highest BCUT2D eigenvalue weighted by Crippen LogP contribution is 2.20. The van der Waals surface area contributed by atoms with Crippen molar-refractivity contribution in [2.75, 3.05) is 19.0 Å². The van der Waals surface area contributed by atoms with Gasteiger partial charge in [-0.05, 0) is 18.2 Å². The van der Waals surface area contributed by atoms with E-state index in [1.165, 1.54) is 0 Å². The molecule has 0 amide bonds. The molecule has 0 fully saturated rings. The first-order valence-electron chi connectivity index (χ1n) is 4.82. The molecule has 0 aliphatic carbocycles. The van der Waals surface area contributed by atoms with Crippen molar-refractivity contribution in [1.82, 2.24) is 0 Å². The molecule has 4 nitrogen and oxygen atoms in total. The smallest absolute Gasteiger partial charge is 0.229 e. The summed E-state index contributed by atoms with van der Waals surface area (Å²) < 4.78 is 5.29. The molecule has 80 valence electrons. The van der Waals surface area contributed by atoms with Crippen LogP contribution < -0.4 is 10.5 Å². The second-order valence-electron chi connectivity index (χ2n) is 3.72. The molecular formula is C12H11N3O. The van der Waals surface area contributed by atoms with E-state index in [-0.39, 0.29) is 11.1 Å². The first-order valence-corrected chi connectivity index (χ1v) is 4.82. The van der Waals surface area contributed by atoms with Crippen LogP contribution in [0.3, 0.4) is 0 Å². The van der Waals surface area contributed by atoms with Gasteiger partial charge in [0.05, 0.1) is 0 Å². The molecular weight excluding hydrogens is 202 g/mol. The Morgan fingerprint density at radius 3 is 2.69 bits per heavy atom. The number of benzene rings is 1. The summed E-state index contributed by atoms with van der Waals surface area (Å²) in [7, 11) is 3.87. The maximum atomic E-state index is 8.78. The number of nitriles is 1. The highest BCUT2D eigenvalue weighted by molar-refractivity contribution is 5.81. The van der Waals surface area contributed by atoms with Gasteiger partial charge in [-0.2, -0.15) is 5.26 Å². The van der Waals surface area contributed by atoms with Gasteiger partial charge in [0.15, 0.2) is 0 Å². The lowest BCUT2D eigenvalue weighted by Crippen LogP contribution is -2.09. The molecule has 16 heavy (non-hydrogen) atoms. The van der Waals surface area contributed by atoms with Crippen molar-refractivity contribution in [3.63, 3.8) is 0 Å². The molecule has 2 aromatic rings. The Hall–Kier alpha value is -2.28. The summed E-state index contributed by atoms with van der Waals surface area (Å²) in [6.45, 7) is 0. The van der Waals surface area contributed by atoms with Crippen LogP contribution in [0.15, 0.2) is 28.7 Å². The Bertz CT molecular complexity index is 635. The maximum absolute atomic E-state index is 8.78. The molecule has 0 aliphatic heterocycles. The van der Waals surface area contributed by atoms with Crippen molar-refractivity contribution in [2.24, 2.45) is 0 Å². The van der Waals surface area contributed by atoms with E-state index in [4.69, 9.17) is 15.1 Å². The van der Waals surface area contributed by atoms with Gasteiger partial charge in [-0.25, -0.2) is 0 Å². The Kier molecular flexibility index (Phi) is 2.37. The number of fused-ring (bicyclic) bond motifs is 1. The van der Waals surface area contributed by atoms with Gasteiger partial charge in [0.25, 0.3) is 0 Å². The van der Waals surface area contributed by atoms with Crippen LogP contribution >= 0.6 is 0 Å². The fraction of sp³-hybridized carbons (Fsp3) is 0.167. The van der Waals surface area contributed by atoms with E-state index in [0.717, 1.165) is 11.1 Å². The summed E-state index contributed by atoms with van der Waals surface area (Å²) in [6, 6.07) is 9.29. The zero-order valence-corrected chi connectivity index (χ0v) is 9.11. The van der Waals surface area contributed by atoms with E-state index in [0.29, 0.717) is 5.58 Å². The topological polar surface area (TPSA) is 64.0 Å². The highest BCUT2D eigenvalue weighted by atomic mass is 16.3. The number of nitrogens with one attached hydrogen (secondary N) is 1. The van der Waals surface area contributed by atoms with Crippen LogP contribution in [0.1, 0.15) is 5.56 Å². The second-order valence-corrected chi connectivity index (χ2v) is 3.72. The minimum atomic E-state index is -0.0918. The number of hydrogen-bond donors (Lipinski definition) is 1. The van der Waals surface area contributed by atoms with Gasteiger partial charge < -0.3 is 9.32 Å². The van der Waals surface area contributed by atoms with Gasteiger partial charge in [0, 0.05) is 31.2 Å². The molecule has 0 aliphatic rings. The second kappa shape index (κ2) is 3.70. The lowest BCUT2D eigenvalue weighted by atomic mass is 10.2. The summed E-state index contributed by atoms with van der Waals surface area (Å²) in [5.74, 6) is 0. The van der Waals surface area contributed by atoms with Crippen LogP contribution in [0.2, 0.25) is 0 Å². The molecule has 1 heterocycles. The molecule has 0 unspecified atom stereocenters. The Morgan fingerprint density at radius 2 is 2.06 bits per heavy atom. The Balaban J connectivity index is 2.73. The molecule has 0 atom stereocenters. The van der Waals surface area contributed by atoms with Crippen LogP contribution in [0.5, 0.6) is 0 Å². The molecule has 4 heteroatoms. The average molecular weight is 213 g/mol. The summed E-state index contributed by atoms with van der Waals surface area (Å²) in [6.07, 6.45) is 0. The molecule has 0 saturated heterocycles. The third kappa shape index (κ3) is 1.63. The zero-order valence-electron chi connectivity index (χ0n) is 9.11. The molecule has 0 bridgehead atoms. The molecule has 1 N–H and O–H groups in total. The fourth-order valence-corrected chi connectivity index (χ4v) is 1.48. The summed E-state index contributed by atoms with van der Waals surface area (Å²) >= 11 is 0. The van der Waals surface area contributed by atoms with Crippen molar-refractivity contribution in [3.8, 4) is 6.07 Å². The average Bonchev–Trinajstić information content (AvgIpc) is 2.27. The summed E-state index contributed by atoms with van der Waals surface area (Å²) in [5.41, 5.74) is 1.78. The quantitative estimate of drug-likeness (QED) is 0.786. The van der Waals surface area contributed by atoms with Crippen molar-refractivity contribution in [1.29, 1.82) is 10.7 Å². The summed E-state index contributed by atoms with van der Waals surface area (Å²) in [5, 5.41) is 17.1. The van der Waals surface area contributed by atoms with E-state index in [9.17, 15) is 0 Å². The lowest BCUT2D eigenvalue weighted by Gasteiger charge is -2.12. The van der Waals surface area contributed by atoms with Gasteiger partial charge in [-0.3, -0.25) is 5.41 Å². The highest BCUT2D eigenvalue weighted by Gasteiger charge is 2.03. The van der Waals surface area contributed by atoms with Crippen molar-refractivity contribution < 1.29 is 4.42 Å². The van der Waals surface area contributed by atoms with Crippen molar-refractivity contribution >= 4 is 16.7 Å². The first kappa shape index (κ1) is 10.2. The maximum Gasteiger partial charge on any atom is 0.229 e. The minimum Gasteiger partial charge on any atom is -0.438 e. The van der Waals surface area contributed by atoms with E-state index in [2.05, 4.69) is 0 Å². The van der Waals surface area contributed by atoms with E-state index in [1.54, 1.807) is 6.07 Å². The largest absolute Gasteiger partial charge is 0.438 e. The van der Waals surface area contributed by atoms with Crippen molar-refractivity contribution in [3.05, 3.63) is 35.4 Å². The molecule has 1 aromatic carbocycles. The normalized spacial score (nSPS) is 10.1. The number of nitrogens with zero attached hydrogens (tertiary/aromatic N) is 2. The molecule has 2 rings (SSSR count). The third-order valence-corrected chi connectivity index (χ3v) is 2.39. The number of rotatable bonds is 1. The van der Waals surface area contributed by atoms with Crippen molar-refractivity contribution in [2.45, 2.75) is 0 Å². The van der Waals surface area contributed by atoms with E-state index in [1.807, 2.05) is 43.3 Å². The van der Waals surface area contributed by atoms with Gasteiger partial charge in [0.2, 0.25) is 5.55 Å². The van der Waals surface area contributed by atoms with Gasteiger partial charge in [0.1, 0.15) is 17.2 Å². The van der Waals surface area contributed by atoms with Gasteiger partial charge in [-0.15, -0.1) is 0 Å². The summed E-state index contributed by atoms with van der Waals surface area (Å²) in [4.78, 5) is 1.96. The third-order valence-electron chi connectivity index (χ3n) is 2.39. The zero-order chi connectivity index (χ0) is 11.7. The van der Waals surface area contributed by atoms with Crippen LogP contribution in [-0.4, -0.2) is 14.1 Å². The van der Waals surface area contributed by atoms with E-state index < -0.39 is 0 Å². The molecule has 0 spiro atoms. The predicted octanol–water partition coefficient (Wildman–Crippen LogP) is 1.85. The fourth-order valence-electron chi connectivity index (χ4n) is 1.48. The van der Waals surface area contributed by atoms with Crippen LogP contribution in [0.25, 0.3) is 11.0 Å². The number of anilines is 1.